The zero-order valence-corrected chi connectivity index (χ0v) is 23.1. The first-order valence-electron chi connectivity index (χ1n) is 12.8. The monoisotopic (exact) mass is 548 g/mol. The molecular weight excluding hydrogens is 513 g/mol. The molecule has 5 nitrogen and oxygen atoms in total. The highest BCUT2D eigenvalue weighted by atomic mass is 32.2. The van der Waals surface area contributed by atoms with Gasteiger partial charge in [-0.15, -0.1) is 6.58 Å². The number of unbranched alkanes of at least 4 members (excludes halogenated alkanes) is 3. The third-order valence-electron chi connectivity index (χ3n) is 6.86. The first-order chi connectivity index (χ1) is 17.9. The summed E-state index contributed by atoms with van der Waals surface area (Å²) in [7, 11) is -4.27. The molecule has 206 valence electrons. The van der Waals surface area contributed by atoms with E-state index < -0.39 is 22.6 Å². The second-order valence-corrected chi connectivity index (χ2v) is 11.2. The molecule has 1 heterocycles. The van der Waals surface area contributed by atoms with Crippen LogP contribution in [0.4, 0.5) is 19.0 Å². The van der Waals surface area contributed by atoms with Crippen molar-refractivity contribution in [2.45, 2.75) is 83.2 Å². The molecule has 1 atom stereocenters. The van der Waals surface area contributed by atoms with E-state index in [1.54, 1.807) is 39.0 Å². The lowest BCUT2D eigenvalue weighted by Gasteiger charge is -2.22. The molecule has 0 bridgehead atoms. The third-order valence-corrected chi connectivity index (χ3v) is 8.38. The molecule has 1 aromatic heterocycles. The molecule has 0 saturated carbocycles. The van der Waals surface area contributed by atoms with E-state index in [4.69, 9.17) is 4.52 Å². The van der Waals surface area contributed by atoms with E-state index in [1.807, 2.05) is 6.07 Å². The SMILES string of the molecule is C=CC(CCCCCC)c1ccc(-c2ccccc2CC(F)(F)F)c(S(=O)(=O)Nc2noc(C)c2C)c1C. The van der Waals surface area contributed by atoms with Crippen LogP contribution in [-0.2, 0) is 16.4 Å². The minimum absolute atomic E-state index is 0.00287. The van der Waals surface area contributed by atoms with Gasteiger partial charge >= 0.3 is 6.18 Å². The molecule has 0 aliphatic heterocycles. The van der Waals surface area contributed by atoms with Gasteiger partial charge in [-0.1, -0.05) is 80.2 Å². The number of anilines is 1. The quantitative estimate of drug-likeness (QED) is 0.182. The van der Waals surface area contributed by atoms with Crippen LogP contribution < -0.4 is 4.72 Å². The number of rotatable bonds is 12. The summed E-state index contributed by atoms with van der Waals surface area (Å²) in [6.07, 6.45) is 1.19. The maximum absolute atomic E-state index is 13.9. The van der Waals surface area contributed by atoms with Crippen LogP contribution in [-0.4, -0.2) is 19.8 Å². The molecule has 0 aliphatic carbocycles. The Labute approximate surface area is 223 Å². The van der Waals surface area contributed by atoms with Gasteiger partial charge in [0.2, 0.25) is 0 Å². The van der Waals surface area contributed by atoms with Gasteiger partial charge in [-0.25, -0.2) is 8.42 Å². The highest BCUT2D eigenvalue weighted by Gasteiger charge is 2.32. The Hall–Kier alpha value is -3.07. The average Bonchev–Trinajstić information content (AvgIpc) is 3.15. The number of hydrogen-bond donors (Lipinski definition) is 1. The fourth-order valence-electron chi connectivity index (χ4n) is 4.70. The summed E-state index contributed by atoms with van der Waals surface area (Å²) >= 11 is 0. The molecule has 0 aliphatic rings. The van der Waals surface area contributed by atoms with E-state index in [0.717, 1.165) is 37.7 Å². The maximum Gasteiger partial charge on any atom is 0.393 e. The Morgan fingerprint density at radius 2 is 1.74 bits per heavy atom. The summed E-state index contributed by atoms with van der Waals surface area (Å²) < 4.78 is 75.7. The number of alkyl halides is 3. The number of aromatic nitrogens is 1. The zero-order valence-electron chi connectivity index (χ0n) is 22.3. The van der Waals surface area contributed by atoms with Crippen LogP contribution in [0.3, 0.4) is 0 Å². The number of sulfonamides is 1. The molecule has 1 N–H and O–H groups in total. The Balaban J connectivity index is 2.21. The Morgan fingerprint density at radius 3 is 2.34 bits per heavy atom. The van der Waals surface area contributed by atoms with Crippen molar-refractivity contribution in [3.8, 4) is 11.1 Å². The molecule has 0 saturated heterocycles. The predicted molar refractivity (Wildman–Crippen MR) is 145 cm³/mol. The lowest BCUT2D eigenvalue weighted by molar-refractivity contribution is -0.127. The van der Waals surface area contributed by atoms with Gasteiger partial charge < -0.3 is 4.52 Å². The van der Waals surface area contributed by atoms with Crippen molar-refractivity contribution in [3.05, 3.63) is 77.1 Å². The van der Waals surface area contributed by atoms with Gasteiger partial charge in [-0.2, -0.15) is 13.2 Å². The number of hydrogen-bond acceptors (Lipinski definition) is 4. The third kappa shape index (κ3) is 6.87. The molecule has 0 fully saturated rings. The molecule has 0 spiro atoms. The molecule has 3 rings (SSSR count). The van der Waals surface area contributed by atoms with Gasteiger partial charge in [0, 0.05) is 17.0 Å². The van der Waals surface area contributed by atoms with Gasteiger partial charge in [0.25, 0.3) is 10.0 Å². The number of benzene rings is 2. The number of allylic oxidation sites excluding steroid dienone is 1. The summed E-state index contributed by atoms with van der Waals surface area (Å²) in [5.41, 5.74) is 2.19. The summed E-state index contributed by atoms with van der Waals surface area (Å²) in [5, 5.41) is 3.83. The minimum Gasteiger partial charge on any atom is -0.359 e. The van der Waals surface area contributed by atoms with Crippen LogP contribution in [0, 0.1) is 20.8 Å². The molecule has 1 unspecified atom stereocenters. The second kappa shape index (κ2) is 12.2. The first kappa shape index (κ1) is 29.5. The lowest BCUT2D eigenvalue weighted by atomic mass is 9.87. The molecule has 0 amide bonds. The molecular formula is C29H35F3N2O3S. The predicted octanol–water partition coefficient (Wildman–Crippen LogP) is 8.41. The highest BCUT2D eigenvalue weighted by Crippen LogP contribution is 2.39. The number of nitrogens with zero attached hydrogens (tertiary/aromatic N) is 1. The smallest absolute Gasteiger partial charge is 0.359 e. The highest BCUT2D eigenvalue weighted by molar-refractivity contribution is 7.93. The summed E-state index contributed by atoms with van der Waals surface area (Å²) in [6.45, 7) is 11.1. The summed E-state index contributed by atoms with van der Waals surface area (Å²) in [6, 6.07) is 9.44. The molecule has 9 heteroatoms. The van der Waals surface area contributed by atoms with Gasteiger partial charge in [0.05, 0.1) is 11.3 Å². The molecule has 3 aromatic rings. The van der Waals surface area contributed by atoms with Gasteiger partial charge in [-0.3, -0.25) is 4.72 Å². The normalized spacial score (nSPS) is 12.9. The van der Waals surface area contributed by atoms with Crippen molar-refractivity contribution in [1.82, 2.24) is 5.16 Å². The van der Waals surface area contributed by atoms with E-state index in [2.05, 4.69) is 23.4 Å². The van der Waals surface area contributed by atoms with Gasteiger partial charge in [0.15, 0.2) is 5.82 Å². The van der Waals surface area contributed by atoms with Crippen LogP contribution in [0.15, 0.2) is 58.5 Å². The van der Waals surface area contributed by atoms with Gasteiger partial charge in [0.1, 0.15) is 5.76 Å². The van der Waals surface area contributed by atoms with Crippen molar-refractivity contribution in [3.63, 3.8) is 0 Å². The average molecular weight is 549 g/mol. The molecule has 0 radical (unpaired) electrons. The Bertz CT molecular complexity index is 1380. The van der Waals surface area contributed by atoms with E-state index >= 15 is 0 Å². The standard InChI is InChI=1S/C29H35F3N2O3S/c1-6-8-9-10-13-22(7-2)24-16-17-26(25-15-12-11-14-23(25)18-29(30,31)32)27(20(24)4)38(35,36)34-28-19(3)21(5)37-33-28/h7,11-12,14-17,22H,2,6,8-10,13,18H2,1,3-5H3,(H,33,34). The number of aryl methyl sites for hydroxylation is 1. The van der Waals surface area contributed by atoms with Crippen LogP contribution in [0.5, 0.6) is 0 Å². The van der Waals surface area contributed by atoms with Crippen molar-refractivity contribution >= 4 is 15.8 Å². The van der Waals surface area contributed by atoms with E-state index in [0.29, 0.717) is 16.9 Å². The summed E-state index contributed by atoms with van der Waals surface area (Å²) in [4.78, 5) is -0.0786. The van der Waals surface area contributed by atoms with Gasteiger partial charge in [-0.05, 0) is 49.4 Å². The maximum atomic E-state index is 13.9. The van der Waals surface area contributed by atoms with Crippen LogP contribution in [0.25, 0.3) is 11.1 Å². The van der Waals surface area contributed by atoms with Crippen LogP contribution in [0.2, 0.25) is 0 Å². The fraction of sp³-hybridized carbons (Fsp3) is 0.414. The van der Waals surface area contributed by atoms with Crippen LogP contribution in [0.1, 0.15) is 73.0 Å². The molecule has 38 heavy (non-hydrogen) atoms. The number of nitrogens with one attached hydrogen (secondary N) is 1. The first-order valence-corrected chi connectivity index (χ1v) is 14.2. The van der Waals surface area contributed by atoms with E-state index in [1.165, 1.54) is 18.2 Å². The lowest BCUT2D eigenvalue weighted by Crippen LogP contribution is -2.18. The number of halogens is 3. The molecule has 2 aromatic carbocycles. The van der Waals surface area contributed by atoms with E-state index in [9.17, 15) is 21.6 Å². The zero-order chi connectivity index (χ0) is 28.1. The fourth-order valence-corrected chi connectivity index (χ4v) is 6.24. The largest absolute Gasteiger partial charge is 0.393 e. The second-order valence-electron chi connectivity index (χ2n) is 9.61. The summed E-state index contributed by atoms with van der Waals surface area (Å²) in [5.74, 6) is 0.403. The van der Waals surface area contributed by atoms with Crippen molar-refractivity contribution in [1.29, 1.82) is 0 Å². The Kier molecular flexibility index (Phi) is 9.46. The van der Waals surface area contributed by atoms with Crippen molar-refractivity contribution in [2.75, 3.05) is 4.72 Å². The van der Waals surface area contributed by atoms with Crippen molar-refractivity contribution in [2.24, 2.45) is 0 Å². The van der Waals surface area contributed by atoms with Crippen LogP contribution >= 0.6 is 0 Å². The minimum atomic E-state index is -4.45. The topological polar surface area (TPSA) is 72.2 Å². The van der Waals surface area contributed by atoms with E-state index in [-0.39, 0.29) is 33.3 Å². The van der Waals surface area contributed by atoms with Crippen molar-refractivity contribution < 1.29 is 26.1 Å². The Morgan fingerprint density at radius 1 is 1.03 bits per heavy atom.